The van der Waals surface area contributed by atoms with E-state index in [2.05, 4.69) is 24.7 Å². The number of nitrogens with one attached hydrogen (secondary N) is 2. The van der Waals surface area contributed by atoms with Crippen molar-refractivity contribution in [2.24, 2.45) is 0 Å². The monoisotopic (exact) mass is 600 g/mol. The van der Waals surface area contributed by atoms with Crippen LogP contribution in [0.1, 0.15) is 16.3 Å². The Morgan fingerprint density at radius 1 is 0.878 bits per heavy atom. The average molecular weight is 600 g/mol. The topological polar surface area (TPSA) is 142 Å². The number of benzene rings is 2. The van der Waals surface area contributed by atoms with E-state index in [-0.39, 0.29) is 39.8 Å². The van der Waals surface area contributed by atoms with Crippen molar-refractivity contribution >= 4 is 27.4 Å². The minimum absolute atomic E-state index is 0.0535. The van der Waals surface area contributed by atoms with Crippen molar-refractivity contribution in [3.05, 3.63) is 83.1 Å². The van der Waals surface area contributed by atoms with Gasteiger partial charge in [-0.2, -0.15) is 18.7 Å². The molecule has 216 valence electrons. The molecule has 0 aliphatic rings. The fourth-order valence-electron chi connectivity index (χ4n) is 3.19. The molecule has 0 bridgehead atoms. The molecule has 0 saturated heterocycles. The van der Waals surface area contributed by atoms with Gasteiger partial charge < -0.3 is 23.9 Å². The lowest BCUT2D eigenvalue weighted by Crippen LogP contribution is -2.15. The van der Waals surface area contributed by atoms with E-state index in [1.807, 2.05) is 0 Å². The normalized spacial score (nSPS) is 11.2. The summed E-state index contributed by atoms with van der Waals surface area (Å²) >= 11 is 0. The highest BCUT2D eigenvalue weighted by molar-refractivity contribution is 7.92. The Bertz CT molecular complexity index is 1670. The van der Waals surface area contributed by atoms with Gasteiger partial charge in [0.1, 0.15) is 12.4 Å². The highest BCUT2D eigenvalue weighted by Crippen LogP contribution is 2.30. The number of rotatable bonds is 10. The lowest BCUT2D eigenvalue weighted by atomic mass is 10.2. The molecule has 41 heavy (non-hydrogen) atoms. The summed E-state index contributed by atoms with van der Waals surface area (Å²) in [6, 6.07) is 8.40. The summed E-state index contributed by atoms with van der Waals surface area (Å²) in [6.45, 7) is -0.769. The van der Waals surface area contributed by atoms with E-state index in [1.54, 1.807) is 0 Å². The minimum atomic E-state index is -4.12. The molecule has 2 aromatic carbocycles. The summed E-state index contributed by atoms with van der Waals surface area (Å²) in [5, 5.41) is 2.44. The highest BCUT2D eigenvalue weighted by Gasteiger charge is 2.27. The Balaban J connectivity index is 1.40. The van der Waals surface area contributed by atoms with Crippen LogP contribution in [0, 0.1) is 29.1 Å². The van der Waals surface area contributed by atoms with E-state index >= 15 is 0 Å². The summed E-state index contributed by atoms with van der Waals surface area (Å²) in [5.41, 5.74) is 0.162. The van der Waals surface area contributed by atoms with E-state index in [4.69, 9.17) is 13.9 Å². The Hall–Kier alpha value is -4.93. The molecule has 2 N–H and O–H groups in total. The summed E-state index contributed by atoms with van der Waals surface area (Å²) < 4.78 is 115. The van der Waals surface area contributed by atoms with E-state index in [0.29, 0.717) is 0 Å². The van der Waals surface area contributed by atoms with Crippen molar-refractivity contribution in [1.29, 1.82) is 0 Å². The lowest BCUT2D eigenvalue weighted by molar-refractivity contribution is 0.0992. The molecule has 0 atom stereocenters. The molecule has 1 amide bonds. The molecule has 0 radical (unpaired) electrons. The first-order valence-electron chi connectivity index (χ1n) is 11.1. The lowest BCUT2D eigenvalue weighted by Gasteiger charge is -2.10. The number of halogens is 5. The zero-order valence-corrected chi connectivity index (χ0v) is 21.6. The van der Waals surface area contributed by atoms with Crippen molar-refractivity contribution < 1.29 is 53.8 Å². The number of carbonyl (C=O) groups is 1. The summed E-state index contributed by atoms with van der Waals surface area (Å²) in [7, 11) is -1.50. The van der Waals surface area contributed by atoms with Gasteiger partial charge in [0.05, 0.1) is 19.1 Å². The highest BCUT2D eigenvalue weighted by atomic mass is 32.2. The SMILES string of the molecule is COc1cc(NS(=O)(=O)c2ccc(NC(=O)c3ccc(COc4c(F)c(F)c(F)c(F)c4F)o3)cc2)nc(OC)n1. The molecule has 0 aliphatic heterocycles. The van der Waals surface area contributed by atoms with Crippen molar-refractivity contribution in [3.63, 3.8) is 0 Å². The molecule has 0 aliphatic carbocycles. The van der Waals surface area contributed by atoms with Crippen LogP contribution in [0.4, 0.5) is 33.5 Å². The third-order valence-corrected chi connectivity index (χ3v) is 6.52. The Morgan fingerprint density at radius 2 is 1.51 bits per heavy atom. The summed E-state index contributed by atoms with van der Waals surface area (Å²) in [5.74, 6) is -13.9. The van der Waals surface area contributed by atoms with Crippen molar-refractivity contribution in [2.45, 2.75) is 11.5 Å². The number of hydrogen-bond acceptors (Lipinski definition) is 9. The number of furan rings is 1. The predicted octanol–water partition coefficient (Wildman–Crippen LogP) is 4.41. The molecular weight excluding hydrogens is 583 g/mol. The largest absolute Gasteiger partial charge is 0.481 e. The maximum absolute atomic E-state index is 13.8. The number of sulfonamides is 1. The molecule has 0 unspecified atom stereocenters. The van der Waals surface area contributed by atoms with Gasteiger partial charge in [0.15, 0.2) is 17.3 Å². The molecule has 0 saturated carbocycles. The van der Waals surface area contributed by atoms with Gasteiger partial charge in [-0.1, -0.05) is 0 Å². The number of aromatic nitrogens is 2. The molecule has 0 spiro atoms. The number of hydrogen-bond donors (Lipinski definition) is 2. The Kier molecular flexibility index (Phi) is 8.27. The second-order valence-corrected chi connectivity index (χ2v) is 9.50. The molecule has 0 fully saturated rings. The first kappa shape index (κ1) is 29.1. The van der Waals surface area contributed by atoms with E-state index < -0.39 is 57.4 Å². The van der Waals surface area contributed by atoms with Crippen molar-refractivity contribution in [2.75, 3.05) is 24.3 Å². The van der Waals surface area contributed by atoms with E-state index in [1.165, 1.54) is 56.7 Å². The first-order chi connectivity index (χ1) is 19.4. The van der Waals surface area contributed by atoms with Crippen LogP contribution < -0.4 is 24.2 Å². The molecule has 17 heteroatoms. The fraction of sp³-hybridized carbons (Fsp3) is 0.125. The van der Waals surface area contributed by atoms with Crippen molar-refractivity contribution in [1.82, 2.24) is 9.97 Å². The maximum atomic E-state index is 13.8. The van der Waals surface area contributed by atoms with Gasteiger partial charge in [-0.15, -0.1) is 0 Å². The Labute approximate surface area is 227 Å². The quantitative estimate of drug-likeness (QED) is 0.154. The fourth-order valence-corrected chi connectivity index (χ4v) is 4.18. The van der Waals surface area contributed by atoms with Gasteiger partial charge in [-0.05, 0) is 36.4 Å². The van der Waals surface area contributed by atoms with Gasteiger partial charge in [-0.3, -0.25) is 9.52 Å². The van der Waals surface area contributed by atoms with Crippen LogP contribution in [-0.2, 0) is 16.6 Å². The standard InChI is InChI=1S/C24H17F5N4O7S/c1-37-16-9-15(31-24(32-16)38-2)33-41(35,36)13-6-3-11(4-7-13)30-23(34)14-8-5-12(40-14)10-39-22-20(28)18(26)17(25)19(27)21(22)29/h3-9H,10H2,1-2H3,(H,30,34)(H,31,32,33). The molecule has 2 aromatic heterocycles. The zero-order chi connectivity index (χ0) is 29.9. The number of amides is 1. The van der Waals surface area contributed by atoms with Crippen LogP contribution in [0.15, 0.2) is 51.8 Å². The second kappa shape index (κ2) is 11.7. The van der Waals surface area contributed by atoms with Crippen LogP contribution in [0.5, 0.6) is 17.6 Å². The maximum Gasteiger partial charge on any atom is 0.321 e. The number of carbonyl (C=O) groups excluding carboxylic acids is 1. The minimum Gasteiger partial charge on any atom is -0.481 e. The van der Waals surface area contributed by atoms with Crippen LogP contribution in [-0.4, -0.2) is 38.5 Å². The van der Waals surface area contributed by atoms with Gasteiger partial charge in [0.2, 0.25) is 35.0 Å². The smallest absolute Gasteiger partial charge is 0.321 e. The third-order valence-electron chi connectivity index (χ3n) is 5.15. The number of ether oxygens (including phenoxy) is 3. The first-order valence-corrected chi connectivity index (χ1v) is 12.6. The van der Waals surface area contributed by atoms with E-state index in [9.17, 15) is 35.2 Å². The molecule has 4 aromatic rings. The molecule has 11 nitrogen and oxygen atoms in total. The van der Waals surface area contributed by atoms with Crippen LogP contribution in [0.2, 0.25) is 0 Å². The number of anilines is 2. The van der Waals surface area contributed by atoms with E-state index in [0.717, 1.165) is 0 Å². The van der Waals surface area contributed by atoms with Gasteiger partial charge in [-0.25, -0.2) is 21.6 Å². The molecular formula is C24H17F5N4O7S. The molecule has 2 heterocycles. The third kappa shape index (κ3) is 6.29. The van der Waals surface area contributed by atoms with Crippen molar-refractivity contribution in [3.8, 4) is 17.6 Å². The van der Waals surface area contributed by atoms with Crippen LogP contribution in [0.25, 0.3) is 0 Å². The predicted molar refractivity (Wildman–Crippen MR) is 130 cm³/mol. The Morgan fingerprint density at radius 3 is 2.12 bits per heavy atom. The second-order valence-electron chi connectivity index (χ2n) is 7.82. The molecule has 4 rings (SSSR count). The number of methoxy groups -OCH3 is 2. The number of nitrogens with zero attached hydrogens (tertiary/aromatic N) is 2. The van der Waals surface area contributed by atoms with Gasteiger partial charge in [0, 0.05) is 11.8 Å². The van der Waals surface area contributed by atoms with Gasteiger partial charge >= 0.3 is 6.01 Å². The van der Waals surface area contributed by atoms with Crippen LogP contribution >= 0.6 is 0 Å². The summed E-state index contributed by atoms with van der Waals surface area (Å²) in [4.78, 5) is 20.1. The zero-order valence-electron chi connectivity index (χ0n) is 20.8. The van der Waals surface area contributed by atoms with Gasteiger partial charge in [0.25, 0.3) is 15.9 Å². The average Bonchev–Trinajstić information content (AvgIpc) is 3.44. The summed E-state index contributed by atoms with van der Waals surface area (Å²) in [6.07, 6.45) is 0. The van der Waals surface area contributed by atoms with Crippen LogP contribution in [0.3, 0.4) is 0 Å².